The SMILES string of the molecule is C=C(N)C(CCCCC)NC. The highest BCUT2D eigenvalue weighted by Gasteiger charge is 2.05. The standard InChI is InChI=1S/C9H20N2/c1-4-5-6-7-9(11-3)8(2)10/h9,11H,2,4-7,10H2,1,3H3. The molecule has 0 aliphatic carbocycles. The van der Waals surface area contributed by atoms with Gasteiger partial charge in [0, 0.05) is 11.7 Å². The number of unbranched alkanes of at least 4 members (excludes halogenated alkanes) is 2. The van der Waals surface area contributed by atoms with Crippen molar-refractivity contribution in [2.45, 2.75) is 38.6 Å². The van der Waals surface area contributed by atoms with Gasteiger partial charge in [0.15, 0.2) is 0 Å². The van der Waals surface area contributed by atoms with Crippen molar-refractivity contribution in [3.8, 4) is 0 Å². The predicted molar refractivity (Wildman–Crippen MR) is 50.3 cm³/mol. The Labute approximate surface area is 69.9 Å². The molecule has 0 fully saturated rings. The van der Waals surface area contributed by atoms with Crippen LogP contribution in [0.4, 0.5) is 0 Å². The second-order valence-electron chi connectivity index (χ2n) is 2.91. The van der Waals surface area contributed by atoms with Gasteiger partial charge in [0.2, 0.25) is 0 Å². The van der Waals surface area contributed by atoms with Crippen LogP contribution in [0, 0.1) is 0 Å². The minimum atomic E-state index is 0.307. The Hall–Kier alpha value is -0.500. The van der Waals surface area contributed by atoms with E-state index in [2.05, 4.69) is 18.8 Å². The topological polar surface area (TPSA) is 38.0 Å². The van der Waals surface area contributed by atoms with E-state index in [1.807, 2.05) is 7.05 Å². The third-order valence-corrected chi connectivity index (χ3v) is 1.89. The molecule has 0 radical (unpaired) electrons. The van der Waals surface area contributed by atoms with Gasteiger partial charge in [-0.15, -0.1) is 0 Å². The fourth-order valence-electron chi connectivity index (χ4n) is 1.11. The van der Waals surface area contributed by atoms with Crippen molar-refractivity contribution < 1.29 is 0 Å². The maximum Gasteiger partial charge on any atom is 0.0458 e. The predicted octanol–water partition coefficient (Wildman–Crippen LogP) is 1.63. The smallest absolute Gasteiger partial charge is 0.0458 e. The fraction of sp³-hybridized carbons (Fsp3) is 0.778. The highest BCUT2D eigenvalue weighted by atomic mass is 14.9. The molecule has 0 heterocycles. The molecule has 0 aromatic heterocycles. The molecule has 0 aromatic rings. The lowest BCUT2D eigenvalue weighted by molar-refractivity contribution is 0.540. The molecule has 66 valence electrons. The van der Waals surface area contributed by atoms with Crippen molar-refractivity contribution >= 4 is 0 Å². The monoisotopic (exact) mass is 156 g/mol. The Morgan fingerprint density at radius 2 is 2.18 bits per heavy atom. The number of nitrogens with one attached hydrogen (secondary N) is 1. The van der Waals surface area contributed by atoms with Gasteiger partial charge in [-0.25, -0.2) is 0 Å². The van der Waals surface area contributed by atoms with E-state index in [1.54, 1.807) is 0 Å². The summed E-state index contributed by atoms with van der Waals surface area (Å²) >= 11 is 0. The molecule has 1 atom stereocenters. The van der Waals surface area contributed by atoms with E-state index < -0.39 is 0 Å². The molecule has 0 bridgehead atoms. The molecule has 0 spiro atoms. The van der Waals surface area contributed by atoms with Gasteiger partial charge in [0.25, 0.3) is 0 Å². The van der Waals surface area contributed by atoms with Gasteiger partial charge in [0.05, 0.1) is 0 Å². The van der Waals surface area contributed by atoms with Gasteiger partial charge < -0.3 is 11.1 Å². The van der Waals surface area contributed by atoms with Gasteiger partial charge in [0.1, 0.15) is 0 Å². The first-order valence-corrected chi connectivity index (χ1v) is 4.33. The average Bonchev–Trinajstić information content (AvgIpc) is 1.97. The zero-order chi connectivity index (χ0) is 8.69. The molecule has 0 saturated heterocycles. The van der Waals surface area contributed by atoms with Crippen LogP contribution in [0.15, 0.2) is 12.3 Å². The summed E-state index contributed by atoms with van der Waals surface area (Å²) in [5, 5.41) is 3.14. The largest absolute Gasteiger partial charge is 0.401 e. The fourth-order valence-corrected chi connectivity index (χ4v) is 1.11. The van der Waals surface area contributed by atoms with E-state index in [-0.39, 0.29) is 0 Å². The van der Waals surface area contributed by atoms with Crippen LogP contribution in [-0.2, 0) is 0 Å². The summed E-state index contributed by atoms with van der Waals surface area (Å²) in [6.45, 7) is 5.92. The summed E-state index contributed by atoms with van der Waals surface area (Å²) < 4.78 is 0. The second kappa shape index (κ2) is 6.23. The lowest BCUT2D eigenvalue weighted by Gasteiger charge is -2.14. The van der Waals surface area contributed by atoms with Gasteiger partial charge in [-0.05, 0) is 13.5 Å². The maximum absolute atomic E-state index is 5.57. The Morgan fingerprint density at radius 1 is 1.55 bits per heavy atom. The normalized spacial score (nSPS) is 12.9. The molecule has 0 amide bonds. The lowest BCUT2D eigenvalue weighted by atomic mass is 10.1. The molecule has 2 heteroatoms. The molecule has 0 rings (SSSR count). The van der Waals surface area contributed by atoms with E-state index in [0.717, 1.165) is 12.1 Å². The van der Waals surface area contributed by atoms with Crippen LogP contribution in [0.2, 0.25) is 0 Å². The number of hydrogen-bond donors (Lipinski definition) is 2. The first-order chi connectivity index (χ1) is 5.22. The Bertz CT molecular complexity index is 110. The molecule has 0 aliphatic heterocycles. The minimum Gasteiger partial charge on any atom is -0.401 e. The number of likely N-dealkylation sites (N-methyl/N-ethyl adjacent to an activating group) is 1. The van der Waals surface area contributed by atoms with E-state index in [4.69, 9.17) is 5.73 Å². The molecule has 11 heavy (non-hydrogen) atoms. The molecule has 1 unspecified atom stereocenters. The van der Waals surface area contributed by atoms with Crippen LogP contribution in [-0.4, -0.2) is 13.1 Å². The number of hydrogen-bond acceptors (Lipinski definition) is 2. The maximum atomic E-state index is 5.57. The first-order valence-electron chi connectivity index (χ1n) is 4.33. The Morgan fingerprint density at radius 3 is 2.55 bits per heavy atom. The third-order valence-electron chi connectivity index (χ3n) is 1.89. The van der Waals surface area contributed by atoms with Crippen LogP contribution in [0.5, 0.6) is 0 Å². The summed E-state index contributed by atoms with van der Waals surface area (Å²) in [6, 6.07) is 0.307. The van der Waals surface area contributed by atoms with Crippen molar-refractivity contribution in [2.75, 3.05) is 7.05 Å². The van der Waals surface area contributed by atoms with Crippen LogP contribution in [0.3, 0.4) is 0 Å². The van der Waals surface area contributed by atoms with Crippen LogP contribution < -0.4 is 11.1 Å². The lowest BCUT2D eigenvalue weighted by Crippen LogP contribution is -2.30. The van der Waals surface area contributed by atoms with Gasteiger partial charge in [-0.2, -0.15) is 0 Å². The third kappa shape index (κ3) is 4.85. The zero-order valence-electron chi connectivity index (χ0n) is 7.69. The van der Waals surface area contributed by atoms with Crippen LogP contribution in [0.25, 0.3) is 0 Å². The van der Waals surface area contributed by atoms with Gasteiger partial charge >= 0.3 is 0 Å². The molecule has 2 nitrogen and oxygen atoms in total. The Kier molecular flexibility index (Phi) is 5.94. The summed E-state index contributed by atoms with van der Waals surface area (Å²) in [5.74, 6) is 0. The van der Waals surface area contributed by atoms with Gasteiger partial charge in [-0.1, -0.05) is 32.8 Å². The Balaban J connectivity index is 3.44. The van der Waals surface area contributed by atoms with Crippen LogP contribution in [0.1, 0.15) is 32.6 Å². The molecular weight excluding hydrogens is 136 g/mol. The summed E-state index contributed by atoms with van der Waals surface area (Å²) in [5.41, 5.74) is 6.33. The van der Waals surface area contributed by atoms with E-state index in [0.29, 0.717) is 6.04 Å². The van der Waals surface area contributed by atoms with Crippen molar-refractivity contribution in [2.24, 2.45) is 5.73 Å². The summed E-state index contributed by atoms with van der Waals surface area (Å²) in [7, 11) is 1.93. The molecule has 0 aliphatic rings. The average molecular weight is 156 g/mol. The van der Waals surface area contributed by atoms with Crippen molar-refractivity contribution in [1.29, 1.82) is 0 Å². The second-order valence-corrected chi connectivity index (χ2v) is 2.91. The highest BCUT2D eigenvalue weighted by molar-refractivity contribution is 4.98. The molecular formula is C9H20N2. The van der Waals surface area contributed by atoms with Gasteiger partial charge in [-0.3, -0.25) is 0 Å². The van der Waals surface area contributed by atoms with E-state index in [1.165, 1.54) is 19.3 Å². The number of rotatable bonds is 6. The number of nitrogens with two attached hydrogens (primary N) is 1. The van der Waals surface area contributed by atoms with Crippen LogP contribution >= 0.6 is 0 Å². The first kappa shape index (κ1) is 10.5. The molecule has 3 N–H and O–H groups in total. The van der Waals surface area contributed by atoms with E-state index >= 15 is 0 Å². The van der Waals surface area contributed by atoms with Crippen molar-refractivity contribution in [1.82, 2.24) is 5.32 Å². The summed E-state index contributed by atoms with van der Waals surface area (Å²) in [6.07, 6.45) is 4.89. The minimum absolute atomic E-state index is 0.307. The van der Waals surface area contributed by atoms with Crippen molar-refractivity contribution in [3.05, 3.63) is 12.3 Å². The molecule has 0 saturated carbocycles. The highest BCUT2D eigenvalue weighted by Crippen LogP contribution is 2.05. The van der Waals surface area contributed by atoms with E-state index in [9.17, 15) is 0 Å². The zero-order valence-corrected chi connectivity index (χ0v) is 7.69. The van der Waals surface area contributed by atoms with Crippen molar-refractivity contribution in [3.63, 3.8) is 0 Å². The summed E-state index contributed by atoms with van der Waals surface area (Å²) in [4.78, 5) is 0. The quantitative estimate of drug-likeness (QED) is 0.574. The molecule has 0 aromatic carbocycles.